The number of hydrogen-bond acceptors (Lipinski definition) is 2. The van der Waals surface area contributed by atoms with E-state index in [1.807, 2.05) is 45.9 Å². The van der Waals surface area contributed by atoms with Gasteiger partial charge in [0.1, 0.15) is 0 Å². The fourth-order valence-electron chi connectivity index (χ4n) is 3.11. The van der Waals surface area contributed by atoms with Crippen molar-refractivity contribution in [1.82, 2.24) is 4.90 Å². The van der Waals surface area contributed by atoms with Crippen LogP contribution >= 0.6 is 0 Å². The summed E-state index contributed by atoms with van der Waals surface area (Å²) in [6.45, 7) is 7.84. The van der Waals surface area contributed by atoms with Gasteiger partial charge in [0.25, 0.3) is 0 Å². The number of carbonyl (C=O) groups excluding carboxylic acids is 1. The van der Waals surface area contributed by atoms with Crippen LogP contribution in [0.1, 0.15) is 43.0 Å². The van der Waals surface area contributed by atoms with Crippen molar-refractivity contribution in [3.8, 4) is 0 Å². The Morgan fingerprint density at radius 3 is 2.50 bits per heavy atom. The number of aliphatic carboxylic acids is 1. The van der Waals surface area contributed by atoms with E-state index in [2.05, 4.69) is 0 Å². The van der Waals surface area contributed by atoms with Gasteiger partial charge in [-0.05, 0) is 38.8 Å². The van der Waals surface area contributed by atoms with E-state index >= 15 is 0 Å². The van der Waals surface area contributed by atoms with Gasteiger partial charge in [0, 0.05) is 12.5 Å². The largest absolute Gasteiger partial charge is 0.481 e. The third-order valence-electron chi connectivity index (χ3n) is 3.98. The zero-order valence-corrected chi connectivity index (χ0v) is 12.4. The maximum absolute atomic E-state index is 12.2. The predicted molar refractivity (Wildman–Crippen MR) is 76.4 cm³/mol. The molecule has 2 rings (SSSR count). The van der Waals surface area contributed by atoms with Gasteiger partial charge in [-0.25, -0.2) is 0 Å². The van der Waals surface area contributed by atoms with Crippen LogP contribution in [0.15, 0.2) is 18.2 Å². The Bertz CT molecular complexity index is 551. The molecule has 108 valence electrons. The van der Waals surface area contributed by atoms with E-state index in [0.717, 1.165) is 16.7 Å². The number of likely N-dealkylation sites (tertiary alicyclic amines) is 1. The lowest BCUT2D eigenvalue weighted by Gasteiger charge is -2.31. The summed E-state index contributed by atoms with van der Waals surface area (Å²) in [4.78, 5) is 25.4. The van der Waals surface area contributed by atoms with Crippen molar-refractivity contribution in [1.29, 1.82) is 0 Å². The summed E-state index contributed by atoms with van der Waals surface area (Å²) in [6, 6.07) is 5.61. The average Bonchev–Trinajstić information content (AvgIpc) is 2.67. The minimum atomic E-state index is -0.897. The van der Waals surface area contributed by atoms with E-state index in [0.29, 0.717) is 0 Å². The number of carbonyl (C=O) groups is 2. The number of amides is 1. The van der Waals surface area contributed by atoms with Gasteiger partial charge in [-0.1, -0.05) is 23.8 Å². The van der Waals surface area contributed by atoms with Crippen LogP contribution in [0.3, 0.4) is 0 Å². The van der Waals surface area contributed by atoms with Gasteiger partial charge in [0.15, 0.2) is 0 Å². The molecule has 0 aliphatic carbocycles. The summed E-state index contributed by atoms with van der Waals surface area (Å²) in [5, 5.41) is 9.43. The Kier molecular flexibility index (Phi) is 3.84. The molecular weight excluding hydrogens is 254 g/mol. The normalized spacial score (nSPS) is 22.6. The predicted octanol–water partition coefficient (Wildman–Crippen LogP) is 2.69. The van der Waals surface area contributed by atoms with Crippen molar-refractivity contribution in [2.75, 3.05) is 0 Å². The average molecular weight is 275 g/mol. The second-order valence-electron chi connectivity index (χ2n) is 5.85. The highest BCUT2D eigenvalue weighted by molar-refractivity contribution is 5.87. The fourth-order valence-corrected chi connectivity index (χ4v) is 3.11. The van der Waals surface area contributed by atoms with E-state index in [9.17, 15) is 14.7 Å². The molecule has 1 aliphatic heterocycles. The number of nitrogens with zero attached hydrogens (tertiary/aromatic N) is 1. The van der Waals surface area contributed by atoms with Crippen molar-refractivity contribution in [3.63, 3.8) is 0 Å². The molecule has 0 bridgehead atoms. The van der Waals surface area contributed by atoms with Crippen LogP contribution in [0.25, 0.3) is 0 Å². The molecule has 2 unspecified atom stereocenters. The van der Waals surface area contributed by atoms with Gasteiger partial charge in [-0.3, -0.25) is 9.59 Å². The van der Waals surface area contributed by atoms with Crippen LogP contribution in [-0.4, -0.2) is 27.9 Å². The van der Waals surface area contributed by atoms with Crippen molar-refractivity contribution in [2.45, 2.75) is 46.2 Å². The standard InChI is InChI=1S/C16H21NO3/c1-9(2)17-14(18)8-13(16(19)20)15(17)12-6-5-10(3)7-11(12)4/h5-7,9,13,15H,8H2,1-4H3,(H,19,20). The number of carboxylic acid groups (broad SMARTS) is 1. The number of carboxylic acids is 1. The van der Waals surface area contributed by atoms with E-state index in [-0.39, 0.29) is 24.4 Å². The molecule has 1 aromatic rings. The quantitative estimate of drug-likeness (QED) is 0.922. The van der Waals surface area contributed by atoms with Crippen LogP contribution in [-0.2, 0) is 9.59 Å². The number of hydrogen-bond donors (Lipinski definition) is 1. The van der Waals surface area contributed by atoms with E-state index in [1.165, 1.54) is 0 Å². The molecule has 2 atom stereocenters. The summed E-state index contributed by atoms with van der Waals surface area (Å²) in [6.07, 6.45) is 0.0888. The highest BCUT2D eigenvalue weighted by Gasteiger charge is 2.45. The molecule has 0 spiro atoms. The molecule has 1 aromatic carbocycles. The second kappa shape index (κ2) is 5.27. The van der Waals surface area contributed by atoms with E-state index in [4.69, 9.17) is 0 Å². The Balaban J connectivity index is 2.52. The molecule has 1 amide bonds. The molecule has 1 N–H and O–H groups in total. The lowest BCUT2D eigenvalue weighted by molar-refractivity contribution is -0.142. The molecular formula is C16H21NO3. The van der Waals surface area contributed by atoms with Gasteiger partial charge in [-0.15, -0.1) is 0 Å². The van der Waals surface area contributed by atoms with Gasteiger partial charge in [0.05, 0.1) is 12.0 Å². The molecule has 0 radical (unpaired) electrons. The van der Waals surface area contributed by atoms with Crippen LogP contribution < -0.4 is 0 Å². The van der Waals surface area contributed by atoms with Crippen molar-refractivity contribution < 1.29 is 14.7 Å². The fraction of sp³-hybridized carbons (Fsp3) is 0.500. The lowest BCUT2D eigenvalue weighted by atomic mass is 9.90. The first-order valence-electron chi connectivity index (χ1n) is 6.94. The van der Waals surface area contributed by atoms with E-state index < -0.39 is 11.9 Å². The van der Waals surface area contributed by atoms with Crippen LogP contribution in [0.5, 0.6) is 0 Å². The second-order valence-corrected chi connectivity index (χ2v) is 5.85. The first-order valence-corrected chi connectivity index (χ1v) is 6.94. The first kappa shape index (κ1) is 14.6. The van der Waals surface area contributed by atoms with E-state index in [1.54, 1.807) is 4.90 Å². The number of rotatable bonds is 3. The van der Waals surface area contributed by atoms with Crippen LogP contribution in [0.4, 0.5) is 0 Å². The SMILES string of the molecule is Cc1ccc(C2C(C(=O)O)CC(=O)N2C(C)C)c(C)c1. The highest BCUT2D eigenvalue weighted by Crippen LogP contribution is 2.40. The van der Waals surface area contributed by atoms with Gasteiger partial charge in [-0.2, -0.15) is 0 Å². The van der Waals surface area contributed by atoms with Crippen molar-refractivity contribution >= 4 is 11.9 Å². The molecule has 1 aliphatic rings. The molecule has 1 fully saturated rings. The maximum Gasteiger partial charge on any atom is 0.309 e. The molecule has 20 heavy (non-hydrogen) atoms. The Morgan fingerprint density at radius 2 is 2.00 bits per heavy atom. The monoisotopic (exact) mass is 275 g/mol. The Morgan fingerprint density at radius 1 is 1.35 bits per heavy atom. The third kappa shape index (κ3) is 2.42. The summed E-state index contributed by atoms with van der Waals surface area (Å²) in [5.74, 6) is -1.63. The summed E-state index contributed by atoms with van der Waals surface area (Å²) in [7, 11) is 0. The molecule has 0 aromatic heterocycles. The Hall–Kier alpha value is -1.84. The van der Waals surface area contributed by atoms with Crippen LogP contribution in [0.2, 0.25) is 0 Å². The minimum absolute atomic E-state index is 0.00227. The zero-order valence-electron chi connectivity index (χ0n) is 12.4. The topological polar surface area (TPSA) is 57.6 Å². The third-order valence-corrected chi connectivity index (χ3v) is 3.98. The smallest absolute Gasteiger partial charge is 0.309 e. The van der Waals surface area contributed by atoms with Gasteiger partial charge >= 0.3 is 5.97 Å². The minimum Gasteiger partial charge on any atom is -0.481 e. The summed E-state index contributed by atoms with van der Waals surface area (Å²) < 4.78 is 0. The van der Waals surface area contributed by atoms with Gasteiger partial charge in [0.2, 0.25) is 5.91 Å². The lowest BCUT2D eigenvalue weighted by Crippen LogP contribution is -2.36. The van der Waals surface area contributed by atoms with Crippen molar-refractivity contribution in [2.24, 2.45) is 5.92 Å². The first-order chi connectivity index (χ1) is 9.32. The molecule has 0 saturated carbocycles. The summed E-state index contributed by atoms with van der Waals surface area (Å²) >= 11 is 0. The molecule has 1 saturated heterocycles. The van der Waals surface area contributed by atoms with Crippen LogP contribution in [0, 0.1) is 19.8 Å². The van der Waals surface area contributed by atoms with Gasteiger partial charge < -0.3 is 10.0 Å². The Labute approximate surface area is 119 Å². The molecule has 4 nitrogen and oxygen atoms in total. The maximum atomic E-state index is 12.2. The zero-order chi connectivity index (χ0) is 15.0. The molecule has 4 heteroatoms. The number of aryl methyl sites for hydroxylation is 2. The summed E-state index contributed by atoms with van der Waals surface area (Å²) in [5.41, 5.74) is 3.13. The highest BCUT2D eigenvalue weighted by atomic mass is 16.4. The molecule has 1 heterocycles. The number of benzene rings is 1. The van der Waals surface area contributed by atoms with Crippen molar-refractivity contribution in [3.05, 3.63) is 34.9 Å².